The Labute approximate surface area is 584 Å². The second-order valence-electron chi connectivity index (χ2n) is 26.0. The molecular weight excluding hydrogens is 1260 g/mol. The van der Waals surface area contributed by atoms with Crippen LogP contribution in [0.5, 0.6) is 0 Å². The normalized spacial score (nSPS) is 13.0. The van der Waals surface area contributed by atoms with E-state index in [1.807, 2.05) is 18.7 Å². The average molecular weight is 1360 g/mol. The van der Waals surface area contributed by atoms with Crippen molar-refractivity contribution < 1.29 is 13.0 Å². The van der Waals surface area contributed by atoms with Crippen LogP contribution in [0.3, 0.4) is 0 Å². The fraction of sp³-hybridized carbons (Fsp3) is 0.294. The molecule has 9 heteroatoms. The molecule has 0 aromatic heterocycles. The van der Waals surface area contributed by atoms with Crippen molar-refractivity contribution in [3.8, 4) is 0 Å². The molecule has 0 aliphatic heterocycles. The summed E-state index contributed by atoms with van der Waals surface area (Å²) in [5.74, 6) is 5.11. The molecule has 0 radical (unpaired) electrons. The Morgan fingerprint density at radius 2 is 0.436 bits per heavy atom. The molecule has 0 saturated heterocycles. The lowest BCUT2D eigenvalue weighted by Crippen LogP contribution is -2.20. The van der Waals surface area contributed by atoms with E-state index in [1.165, 1.54) is 89.8 Å². The van der Waals surface area contributed by atoms with Gasteiger partial charge in [0, 0.05) is 24.8 Å². The van der Waals surface area contributed by atoms with Crippen LogP contribution in [-0.2, 0) is 42.8 Å². The SMILES string of the molecule is CC(C)CC(C)CC(C)CC(C)C.CC(C)CC(C)CC(C)CC(C)S(=O)(=O)[O-].c1ccc(Sc2ccc([S+](c3ccccc3)c3ccccc3)cc2)cc1.c1ccc([S+](c2ccccc2)c2ccc(Sc3ccc([S+](c4ccccc4)c4ccccc4)cc3)cc2)cc1. The molecule has 0 fully saturated rings. The lowest BCUT2D eigenvalue weighted by atomic mass is 9.86. The Kier molecular flexibility index (Phi) is 31.8. The van der Waals surface area contributed by atoms with E-state index in [4.69, 9.17) is 0 Å². The monoisotopic (exact) mass is 1360 g/mol. The highest BCUT2D eigenvalue weighted by Gasteiger charge is 2.31. The minimum Gasteiger partial charge on any atom is -0.748 e. The van der Waals surface area contributed by atoms with Crippen molar-refractivity contribution in [3.05, 3.63) is 285 Å². The van der Waals surface area contributed by atoms with Crippen molar-refractivity contribution >= 4 is 66.3 Å². The van der Waals surface area contributed by atoms with Crippen LogP contribution in [0.1, 0.15) is 115 Å². The van der Waals surface area contributed by atoms with Crippen LogP contribution in [0.4, 0.5) is 0 Å². The molecule has 10 aromatic rings. The fourth-order valence-corrected chi connectivity index (χ4v) is 20.6. The minimum atomic E-state index is -4.11. The number of rotatable bonds is 26. The maximum Gasteiger partial charge on any atom is 0.166 e. The van der Waals surface area contributed by atoms with Gasteiger partial charge in [0.15, 0.2) is 44.1 Å². The van der Waals surface area contributed by atoms with Gasteiger partial charge in [-0.1, -0.05) is 220 Å². The molecule has 0 N–H and O–H groups in total. The van der Waals surface area contributed by atoms with Gasteiger partial charge >= 0.3 is 0 Å². The maximum atomic E-state index is 10.8. The summed E-state index contributed by atoms with van der Waals surface area (Å²) >= 11 is 3.62. The highest BCUT2D eigenvalue weighted by molar-refractivity contribution is 8.00. The molecule has 0 heterocycles. The molecule has 10 aromatic carbocycles. The van der Waals surface area contributed by atoms with E-state index >= 15 is 0 Å². The van der Waals surface area contributed by atoms with Crippen LogP contribution in [0.2, 0.25) is 0 Å². The molecule has 5 unspecified atom stereocenters. The van der Waals surface area contributed by atoms with Crippen LogP contribution in [0.25, 0.3) is 0 Å². The third-order valence-electron chi connectivity index (χ3n) is 15.7. The molecule has 0 bridgehead atoms. The Morgan fingerprint density at radius 1 is 0.255 bits per heavy atom. The zero-order chi connectivity index (χ0) is 67.2. The lowest BCUT2D eigenvalue weighted by molar-refractivity contribution is 0.320. The van der Waals surface area contributed by atoms with E-state index in [0.29, 0.717) is 24.2 Å². The van der Waals surface area contributed by atoms with Gasteiger partial charge in [-0.05, 0) is 245 Å². The van der Waals surface area contributed by atoms with Gasteiger partial charge in [0.2, 0.25) is 0 Å². The van der Waals surface area contributed by atoms with Gasteiger partial charge in [0.25, 0.3) is 0 Å². The summed E-state index contributed by atoms with van der Waals surface area (Å²) in [6, 6.07) is 103. The minimum absolute atomic E-state index is 0.0786. The highest BCUT2D eigenvalue weighted by Crippen LogP contribution is 2.38. The molecule has 0 saturated carbocycles. The first-order valence-electron chi connectivity index (χ1n) is 33.5. The largest absolute Gasteiger partial charge is 0.748 e. The van der Waals surface area contributed by atoms with Crippen LogP contribution in [0.15, 0.2) is 349 Å². The first-order chi connectivity index (χ1) is 45.3. The molecule has 5 atom stereocenters. The van der Waals surface area contributed by atoms with Crippen molar-refractivity contribution in [1.82, 2.24) is 0 Å². The second-order valence-corrected chi connectivity index (χ2v) is 36.2. The third kappa shape index (κ3) is 26.1. The Morgan fingerprint density at radius 3 is 0.638 bits per heavy atom. The molecule has 0 amide bonds. The lowest BCUT2D eigenvalue weighted by Gasteiger charge is -2.23. The van der Waals surface area contributed by atoms with Crippen molar-refractivity contribution in [2.45, 2.75) is 184 Å². The zero-order valence-electron chi connectivity index (χ0n) is 57.2. The van der Waals surface area contributed by atoms with E-state index in [2.05, 4.69) is 347 Å². The van der Waals surface area contributed by atoms with Crippen molar-refractivity contribution in [2.24, 2.45) is 41.4 Å². The topological polar surface area (TPSA) is 57.2 Å². The van der Waals surface area contributed by atoms with Gasteiger partial charge in [-0.2, -0.15) is 0 Å². The van der Waals surface area contributed by atoms with Crippen molar-refractivity contribution in [2.75, 3.05) is 0 Å². The second kappa shape index (κ2) is 39.8. The molecule has 94 heavy (non-hydrogen) atoms. The summed E-state index contributed by atoms with van der Waals surface area (Å²) in [5, 5.41) is -0.756. The molecule has 492 valence electrons. The van der Waals surface area contributed by atoms with Gasteiger partial charge < -0.3 is 4.55 Å². The van der Waals surface area contributed by atoms with E-state index in [1.54, 1.807) is 11.8 Å². The zero-order valence-corrected chi connectivity index (χ0v) is 62.1. The van der Waals surface area contributed by atoms with Crippen LogP contribution < -0.4 is 0 Å². The Bertz CT molecular complexity index is 3490. The Hall–Kier alpha value is -6.14. The van der Waals surface area contributed by atoms with Crippen molar-refractivity contribution in [1.29, 1.82) is 0 Å². The fourth-order valence-electron chi connectivity index (χ4n) is 12.1. The van der Waals surface area contributed by atoms with Gasteiger partial charge in [-0.25, -0.2) is 8.42 Å². The van der Waals surface area contributed by atoms with Crippen LogP contribution in [0, 0.1) is 41.4 Å². The number of benzene rings is 10. The standard InChI is InChI=1S/C36H28S3.C24H19S2.C13H28.C12H26O3S/c1-5-13-31(14-6-1)38(32-15-7-2-8-16-32)35-25-21-29(22-26-35)37-30-23-27-36(28-24-30)39(33-17-9-3-10-18-33)34-19-11-4-12-20-34;1-4-10-20(11-5-1)25-21-16-18-24(19-17-21)26(22-12-6-2-7-13-22)23-14-8-3-9-15-23;1-10(2)7-12(5)9-13(6)8-11(3)4;1-9(2)6-10(3)7-11(4)8-12(5)16(13,14)15/h1-28H;1-19H;10-13H,7-9H2,1-6H3;9-12H,6-8H2,1-5H3,(H,13,14,15)/q+2;+1;;/p-1. The summed E-state index contributed by atoms with van der Waals surface area (Å²) in [6.07, 6.45) is 6.83. The van der Waals surface area contributed by atoms with Crippen LogP contribution >= 0.6 is 23.5 Å². The molecule has 0 aliphatic carbocycles. The summed E-state index contributed by atoms with van der Waals surface area (Å²) in [6.45, 7) is 24.2. The first kappa shape index (κ1) is 75.2. The predicted molar refractivity (Wildman–Crippen MR) is 407 cm³/mol. The van der Waals surface area contributed by atoms with E-state index in [-0.39, 0.29) is 32.7 Å². The summed E-state index contributed by atoms with van der Waals surface area (Å²) in [5.41, 5.74) is 0. The maximum absolute atomic E-state index is 10.8. The van der Waals surface area contributed by atoms with E-state index in [0.717, 1.165) is 36.5 Å². The van der Waals surface area contributed by atoms with Gasteiger partial charge in [-0.15, -0.1) is 0 Å². The molecular formula is C85H100O3S6+2. The van der Waals surface area contributed by atoms with Gasteiger partial charge in [-0.3, -0.25) is 0 Å². The van der Waals surface area contributed by atoms with Gasteiger partial charge in [0.05, 0.1) is 42.8 Å². The van der Waals surface area contributed by atoms with Crippen LogP contribution in [-0.4, -0.2) is 18.2 Å². The first-order valence-corrected chi connectivity index (χ1v) is 40.3. The highest BCUT2D eigenvalue weighted by atomic mass is 32.2. The van der Waals surface area contributed by atoms with E-state index < -0.39 is 15.4 Å². The summed E-state index contributed by atoms with van der Waals surface area (Å²) in [4.78, 5) is 17.1. The average Bonchev–Trinajstić information content (AvgIpc) is 0.954. The summed E-state index contributed by atoms with van der Waals surface area (Å²) in [7, 11) is -4.43. The van der Waals surface area contributed by atoms with E-state index in [9.17, 15) is 13.0 Å². The van der Waals surface area contributed by atoms with Crippen molar-refractivity contribution in [3.63, 3.8) is 0 Å². The Balaban J connectivity index is 0.000000196. The smallest absolute Gasteiger partial charge is 0.166 e. The number of hydrogen-bond acceptors (Lipinski definition) is 5. The molecule has 0 spiro atoms. The van der Waals surface area contributed by atoms with Gasteiger partial charge in [0.1, 0.15) is 0 Å². The number of hydrogen-bond donors (Lipinski definition) is 0. The molecule has 3 nitrogen and oxygen atoms in total. The third-order valence-corrected chi connectivity index (χ3v) is 25.6. The quantitative estimate of drug-likeness (QED) is 0.0399. The predicted octanol–water partition coefficient (Wildman–Crippen LogP) is 24.7. The molecule has 0 aliphatic rings. The summed E-state index contributed by atoms with van der Waals surface area (Å²) < 4.78 is 32.3. The molecule has 10 rings (SSSR count).